The summed E-state index contributed by atoms with van der Waals surface area (Å²) in [5.74, 6) is 0. The molecule has 0 atom stereocenters. The molecule has 0 aromatic heterocycles. The first kappa shape index (κ1) is 10.4. The molecule has 0 saturated carbocycles. The Morgan fingerprint density at radius 1 is 0.882 bits per heavy atom. The third kappa shape index (κ3) is 2.05. The molecular formula is C16H17N. The van der Waals surface area contributed by atoms with Gasteiger partial charge >= 0.3 is 0 Å². The Bertz CT molecular complexity index is 506. The van der Waals surface area contributed by atoms with E-state index in [2.05, 4.69) is 60.8 Å². The van der Waals surface area contributed by atoms with E-state index in [0.29, 0.717) is 6.04 Å². The van der Waals surface area contributed by atoms with Crippen LogP contribution in [0.4, 0.5) is 5.69 Å². The lowest BCUT2D eigenvalue weighted by atomic mass is 10.1. The summed E-state index contributed by atoms with van der Waals surface area (Å²) in [4.78, 5) is 0. The Hall–Kier alpha value is -1.76. The summed E-state index contributed by atoms with van der Waals surface area (Å²) in [6.07, 6.45) is 2.29. The maximum absolute atomic E-state index is 3.66. The number of hydrogen-bond acceptors (Lipinski definition) is 1. The lowest BCUT2D eigenvalue weighted by Crippen LogP contribution is -2.19. The highest BCUT2D eigenvalue weighted by atomic mass is 14.9. The molecule has 1 N–H and O–H groups in total. The largest absolute Gasteiger partial charge is 0.381 e. The molecule has 3 rings (SSSR count). The van der Waals surface area contributed by atoms with Gasteiger partial charge in [-0.1, -0.05) is 42.5 Å². The van der Waals surface area contributed by atoms with Gasteiger partial charge in [0.1, 0.15) is 0 Å². The smallest absolute Gasteiger partial charge is 0.0372 e. The Labute approximate surface area is 102 Å². The van der Waals surface area contributed by atoms with Crippen LogP contribution in [0.15, 0.2) is 48.5 Å². The Morgan fingerprint density at radius 2 is 1.47 bits per heavy atom. The zero-order valence-electron chi connectivity index (χ0n) is 10.1. The monoisotopic (exact) mass is 223 g/mol. The molecule has 0 heterocycles. The van der Waals surface area contributed by atoms with Gasteiger partial charge in [-0.3, -0.25) is 0 Å². The van der Waals surface area contributed by atoms with E-state index in [1.54, 1.807) is 0 Å². The maximum atomic E-state index is 3.66. The van der Waals surface area contributed by atoms with Crippen LogP contribution >= 0.6 is 0 Å². The van der Waals surface area contributed by atoms with Crippen molar-refractivity contribution in [3.63, 3.8) is 0 Å². The minimum absolute atomic E-state index is 0.550. The summed E-state index contributed by atoms with van der Waals surface area (Å²) in [5.41, 5.74) is 5.59. The second-order valence-corrected chi connectivity index (χ2v) is 4.83. The molecular weight excluding hydrogens is 206 g/mol. The summed E-state index contributed by atoms with van der Waals surface area (Å²) in [6.45, 7) is 2.16. The van der Waals surface area contributed by atoms with Crippen LogP contribution in [0.25, 0.3) is 0 Å². The molecule has 17 heavy (non-hydrogen) atoms. The number of anilines is 1. The lowest BCUT2D eigenvalue weighted by molar-refractivity contribution is 0.773. The Morgan fingerprint density at radius 3 is 2.12 bits per heavy atom. The molecule has 0 saturated heterocycles. The van der Waals surface area contributed by atoms with Crippen molar-refractivity contribution >= 4 is 5.69 Å². The molecule has 1 heteroatoms. The molecule has 86 valence electrons. The predicted octanol–water partition coefficient (Wildman–Crippen LogP) is 3.57. The van der Waals surface area contributed by atoms with Gasteiger partial charge in [0.05, 0.1) is 0 Å². The van der Waals surface area contributed by atoms with Crippen LogP contribution in [0.1, 0.15) is 16.7 Å². The van der Waals surface area contributed by atoms with Gasteiger partial charge < -0.3 is 5.32 Å². The first-order valence-corrected chi connectivity index (χ1v) is 6.22. The maximum Gasteiger partial charge on any atom is 0.0372 e. The van der Waals surface area contributed by atoms with Gasteiger partial charge in [0, 0.05) is 11.7 Å². The molecule has 0 fully saturated rings. The van der Waals surface area contributed by atoms with Crippen LogP contribution < -0.4 is 5.32 Å². The molecule has 1 aliphatic rings. The van der Waals surface area contributed by atoms with E-state index >= 15 is 0 Å². The molecule has 0 bridgehead atoms. The van der Waals surface area contributed by atoms with Crippen molar-refractivity contribution in [3.8, 4) is 0 Å². The lowest BCUT2D eigenvalue weighted by Gasteiger charge is -2.15. The van der Waals surface area contributed by atoms with Crippen LogP contribution in [0.5, 0.6) is 0 Å². The van der Waals surface area contributed by atoms with Crippen LogP contribution in [0.2, 0.25) is 0 Å². The van der Waals surface area contributed by atoms with E-state index in [0.717, 1.165) is 12.8 Å². The average Bonchev–Trinajstić information content (AvgIpc) is 2.74. The highest BCUT2D eigenvalue weighted by Gasteiger charge is 2.20. The van der Waals surface area contributed by atoms with Crippen LogP contribution in [0, 0.1) is 6.92 Å². The number of aryl methyl sites for hydroxylation is 1. The molecule has 0 spiro atoms. The Balaban J connectivity index is 1.76. The van der Waals surface area contributed by atoms with Gasteiger partial charge in [-0.25, -0.2) is 0 Å². The van der Waals surface area contributed by atoms with Gasteiger partial charge in [0.15, 0.2) is 0 Å². The number of hydrogen-bond donors (Lipinski definition) is 1. The summed E-state index contributed by atoms with van der Waals surface area (Å²) >= 11 is 0. The predicted molar refractivity (Wildman–Crippen MR) is 72.4 cm³/mol. The van der Waals surface area contributed by atoms with Crippen LogP contribution in [-0.2, 0) is 12.8 Å². The van der Waals surface area contributed by atoms with Crippen LogP contribution in [-0.4, -0.2) is 6.04 Å². The summed E-state index contributed by atoms with van der Waals surface area (Å²) in [6, 6.07) is 17.8. The van der Waals surface area contributed by atoms with Crippen molar-refractivity contribution in [2.75, 3.05) is 5.32 Å². The fraction of sp³-hybridized carbons (Fsp3) is 0.250. The van der Waals surface area contributed by atoms with E-state index in [1.165, 1.54) is 22.4 Å². The summed E-state index contributed by atoms with van der Waals surface area (Å²) in [7, 11) is 0. The highest BCUT2D eigenvalue weighted by molar-refractivity contribution is 5.52. The average molecular weight is 223 g/mol. The van der Waals surface area contributed by atoms with E-state index in [-0.39, 0.29) is 0 Å². The minimum Gasteiger partial charge on any atom is -0.381 e. The number of para-hydroxylation sites is 1. The number of rotatable bonds is 2. The van der Waals surface area contributed by atoms with Gasteiger partial charge in [-0.15, -0.1) is 0 Å². The second-order valence-electron chi connectivity index (χ2n) is 4.83. The van der Waals surface area contributed by atoms with Crippen molar-refractivity contribution in [3.05, 3.63) is 65.2 Å². The fourth-order valence-electron chi connectivity index (χ4n) is 2.62. The summed E-state index contributed by atoms with van der Waals surface area (Å²) in [5, 5.41) is 3.66. The molecule has 2 aromatic rings. The minimum atomic E-state index is 0.550. The van der Waals surface area contributed by atoms with Gasteiger partial charge in [0.25, 0.3) is 0 Å². The second kappa shape index (κ2) is 4.25. The van der Waals surface area contributed by atoms with E-state index < -0.39 is 0 Å². The number of nitrogens with one attached hydrogen (secondary N) is 1. The molecule has 2 aromatic carbocycles. The molecule has 0 aliphatic heterocycles. The Kier molecular flexibility index (Phi) is 2.60. The van der Waals surface area contributed by atoms with Crippen molar-refractivity contribution in [1.82, 2.24) is 0 Å². The molecule has 1 aliphatic carbocycles. The third-order valence-electron chi connectivity index (χ3n) is 3.56. The molecule has 1 nitrogen and oxygen atoms in total. The van der Waals surface area contributed by atoms with Crippen molar-refractivity contribution in [2.45, 2.75) is 25.8 Å². The SMILES string of the molecule is Cc1ccccc1NC1Cc2ccccc2C1. The van der Waals surface area contributed by atoms with Crippen LogP contribution in [0.3, 0.4) is 0 Å². The van der Waals surface area contributed by atoms with Gasteiger partial charge in [-0.05, 0) is 42.5 Å². The normalized spacial score (nSPS) is 14.6. The molecule has 0 radical (unpaired) electrons. The number of fused-ring (bicyclic) bond motifs is 1. The van der Waals surface area contributed by atoms with Crippen molar-refractivity contribution in [2.24, 2.45) is 0 Å². The first-order chi connectivity index (χ1) is 8.33. The van der Waals surface area contributed by atoms with Crippen molar-refractivity contribution < 1.29 is 0 Å². The fourth-order valence-corrected chi connectivity index (χ4v) is 2.62. The molecule has 0 unspecified atom stereocenters. The van der Waals surface area contributed by atoms with Crippen molar-refractivity contribution in [1.29, 1.82) is 0 Å². The topological polar surface area (TPSA) is 12.0 Å². The van der Waals surface area contributed by atoms with E-state index in [4.69, 9.17) is 0 Å². The highest BCUT2D eigenvalue weighted by Crippen LogP contribution is 2.25. The zero-order valence-corrected chi connectivity index (χ0v) is 10.1. The zero-order chi connectivity index (χ0) is 11.7. The van der Waals surface area contributed by atoms with E-state index in [9.17, 15) is 0 Å². The summed E-state index contributed by atoms with van der Waals surface area (Å²) < 4.78 is 0. The third-order valence-corrected chi connectivity index (χ3v) is 3.56. The quantitative estimate of drug-likeness (QED) is 0.820. The standard InChI is InChI=1S/C16H17N/c1-12-6-2-5-9-16(12)17-15-10-13-7-3-4-8-14(13)11-15/h2-9,15,17H,10-11H2,1H3. The molecule has 0 amide bonds. The van der Waals surface area contributed by atoms with Gasteiger partial charge in [-0.2, -0.15) is 0 Å². The van der Waals surface area contributed by atoms with E-state index in [1.807, 2.05) is 0 Å². The van der Waals surface area contributed by atoms with Gasteiger partial charge in [0.2, 0.25) is 0 Å². The number of benzene rings is 2. The first-order valence-electron chi connectivity index (χ1n) is 6.22.